The summed E-state index contributed by atoms with van der Waals surface area (Å²) in [6.45, 7) is 10.6. The van der Waals surface area contributed by atoms with Crippen molar-refractivity contribution in [2.75, 3.05) is 51.7 Å². The smallest absolute Gasteiger partial charge is 0.194 e. The molecule has 1 fully saturated rings. The SMILES string of the molecule is CCNC(=NCc1ccc(N(C)C)cc1C)N1CCN(Cc2ccon2)CC1. The van der Waals surface area contributed by atoms with Crippen LogP contribution < -0.4 is 10.2 Å². The molecule has 0 radical (unpaired) electrons. The van der Waals surface area contributed by atoms with Crippen molar-refractivity contribution >= 4 is 11.6 Å². The second-order valence-electron chi connectivity index (χ2n) is 7.43. The molecular weight excluding hydrogens is 352 g/mol. The van der Waals surface area contributed by atoms with Crippen molar-refractivity contribution in [3.63, 3.8) is 0 Å². The van der Waals surface area contributed by atoms with E-state index in [1.165, 1.54) is 16.8 Å². The van der Waals surface area contributed by atoms with Gasteiger partial charge in [0.1, 0.15) is 6.26 Å². The van der Waals surface area contributed by atoms with Gasteiger partial charge < -0.3 is 19.6 Å². The minimum Gasteiger partial charge on any atom is -0.378 e. The van der Waals surface area contributed by atoms with E-state index in [0.717, 1.165) is 50.9 Å². The molecule has 1 aliphatic heterocycles. The van der Waals surface area contributed by atoms with Crippen LogP contribution >= 0.6 is 0 Å². The first kappa shape index (κ1) is 20.2. The Balaban J connectivity index is 1.60. The molecule has 1 saturated heterocycles. The molecule has 7 nitrogen and oxygen atoms in total. The first-order valence-corrected chi connectivity index (χ1v) is 9.98. The largest absolute Gasteiger partial charge is 0.378 e. The van der Waals surface area contributed by atoms with Gasteiger partial charge in [-0.1, -0.05) is 11.2 Å². The molecule has 1 N–H and O–H groups in total. The average molecular weight is 385 g/mol. The predicted octanol–water partition coefficient (Wildman–Crippen LogP) is 2.33. The normalized spacial score (nSPS) is 15.7. The van der Waals surface area contributed by atoms with E-state index in [9.17, 15) is 0 Å². The average Bonchev–Trinajstić information content (AvgIpc) is 3.19. The van der Waals surface area contributed by atoms with Crippen molar-refractivity contribution in [2.24, 2.45) is 4.99 Å². The number of nitrogens with one attached hydrogen (secondary N) is 1. The minimum absolute atomic E-state index is 0.695. The zero-order chi connectivity index (χ0) is 19.9. The number of aromatic nitrogens is 1. The number of nitrogens with zero attached hydrogens (tertiary/aromatic N) is 5. The van der Waals surface area contributed by atoms with Crippen molar-refractivity contribution in [2.45, 2.75) is 26.9 Å². The van der Waals surface area contributed by atoms with E-state index in [4.69, 9.17) is 9.52 Å². The molecule has 0 aliphatic carbocycles. The number of rotatable bonds is 6. The molecule has 152 valence electrons. The summed E-state index contributed by atoms with van der Waals surface area (Å²) in [5.41, 5.74) is 4.76. The summed E-state index contributed by atoms with van der Waals surface area (Å²) >= 11 is 0. The summed E-state index contributed by atoms with van der Waals surface area (Å²) in [6, 6.07) is 8.50. The number of aliphatic imine (C=N–C) groups is 1. The first-order valence-electron chi connectivity index (χ1n) is 9.98. The van der Waals surface area contributed by atoms with Crippen LogP contribution in [-0.4, -0.2) is 67.7 Å². The van der Waals surface area contributed by atoms with Gasteiger partial charge in [0.25, 0.3) is 0 Å². The highest BCUT2D eigenvalue weighted by atomic mass is 16.5. The molecule has 0 amide bonds. The third-order valence-corrected chi connectivity index (χ3v) is 5.13. The van der Waals surface area contributed by atoms with Crippen LogP contribution in [0.1, 0.15) is 23.7 Å². The van der Waals surface area contributed by atoms with E-state index >= 15 is 0 Å². The molecule has 0 saturated carbocycles. The Morgan fingerprint density at radius 1 is 1.21 bits per heavy atom. The van der Waals surface area contributed by atoms with E-state index in [-0.39, 0.29) is 0 Å². The third-order valence-electron chi connectivity index (χ3n) is 5.13. The van der Waals surface area contributed by atoms with Gasteiger partial charge in [0.05, 0.1) is 12.2 Å². The number of guanidine groups is 1. The molecule has 28 heavy (non-hydrogen) atoms. The van der Waals surface area contributed by atoms with Crippen LogP contribution in [0.5, 0.6) is 0 Å². The Morgan fingerprint density at radius 3 is 2.61 bits per heavy atom. The Bertz CT molecular complexity index is 763. The highest BCUT2D eigenvalue weighted by Gasteiger charge is 2.20. The van der Waals surface area contributed by atoms with Crippen molar-refractivity contribution in [3.05, 3.63) is 47.3 Å². The molecule has 7 heteroatoms. The second-order valence-corrected chi connectivity index (χ2v) is 7.43. The van der Waals surface area contributed by atoms with E-state index in [1.807, 2.05) is 6.07 Å². The Morgan fingerprint density at radius 2 is 2.00 bits per heavy atom. The van der Waals surface area contributed by atoms with Gasteiger partial charge in [0.2, 0.25) is 0 Å². The van der Waals surface area contributed by atoms with E-state index in [1.54, 1.807) is 6.26 Å². The molecule has 0 bridgehead atoms. The van der Waals surface area contributed by atoms with Crippen LogP contribution in [0.3, 0.4) is 0 Å². The van der Waals surface area contributed by atoms with Crippen molar-refractivity contribution < 1.29 is 4.52 Å². The fourth-order valence-corrected chi connectivity index (χ4v) is 3.39. The number of benzene rings is 1. The second kappa shape index (κ2) is 9.59. The highest BCUT2D eigenvalue weighted by Crippen LogP contribution is 2.18. The van der Waals surface area contributed by atoms with Crippen molar-refractivity contribution in [1.82, 2.24) is 20.3 Å². The first-order chi connectivity index (χ1) is 13.6. The van der Waals surface area contributed by atoms with Crippen LogP contribution in [0.4, 0.5) is 5.69 Å². The molecule has 2 aromatic rings. The number of hydrogen-bond acceptors (Lipinski definition) is 5. The van der Waals surface area contributed by atoms with Crippen molar-refractivity contribution in [3.8, 4) is 0 Å². The summed E-state index contributed by atoms with van der Waals surface area (Å²) < 4.78 is 4.93. The van der Waals surface area contributed by atoms with Crippen LogP contribution in [0.2, 0.25) is 0 Å². The minimum atomic E-state index is 0.695. The molecule has 0 spiro atoms. The molecule has 0 atom stereocenters. The number of hydrogen-bond donors (Lipinski definition) is 1. The standard InChI is InChI=1S/C21H32N6O/c1-5-22-21(23-15-18-6-7-20(25(3)4)14-17(18)2)27-11-9-26(10-12-27)16-19-8-13-28-24-19/h6-8,13-14H,5,9-12,15-16H2,1-4H3,(H,22,23). The van der Waals surface area contributed by atoms with Gasteiger partial charge in [-0.3, -0.25) is 4.90 Å². The van der Waals surface area contributed by atoms with E-state index < -0.39 is 0 Å². The van der Waals surface area contributed by atoms with Gasteiger partial charge in [0.15, 0.2) is 5.96 Å². The molecule has 1 aromatic carbocycles. The topological polar surface area (TPSA) is 60.1 Å². The van der Waals surface area contributed by atoms with Crippen LogP contribution in [0.15, 0.2) is 40.0 Å². The monoisotopic (exact) mass is 384 g/mol. The van der Waals surface area contributed by atoms with Gasteiger partial charge in [-0.25, -0.2) is 4.99 Å². The van der Waals surface area contributed by atoms with Gasteiger partial charge in [-0.05, 0) is 37.1 Å². The van der Waals surface area contributed by atoms with Crippen LogP contribution in [0, 0.1) is 6.92 Å². The molecular formula is C21H32N6O. The summed E-state index contributed by atoms with van der Waals surface area (Å²) in [4.78, 5) is 11.8. The summed E-state index contributed by atoms with van der Waals surface area (Å²) in [6.07, 6.45) is 1.63. The summed E-state index contributed by atoms with van der Waals surface area (Å²) in [5.74, 6) is 1.000. The molecule has 1 aromatic heterocycles. The summed E-state index contributed by atoms with van der Waals surface area (Å²) in [5, 5.41) is 7.47. The third kappa shape index (κ3) is 5.25. The highest BCUT2D eigenvalue weighted by molar-refractivity contribution is 5.80. The van der Waals surface area contributed by atoms with Gasteiger partial charge in [0, 0.05) is 65.1 Å². The lowest BCUT2D eigenvalue weighted by Gasteiger charge is -2.36. The number of aryl methyl sites for hydroxylation is 1. The molecule has 3 rings (SSSR count). The lowest BCUT2D eigenvalue weighted by atomic mass is 10.1. The maximum Gasteiger partial charge on any atom is 0.194 e. The summed E-state index contributed by atoms with van der Waals surface area (Å²) in [7, 11) is 4.14. The van der Waals surface area contributed by atoms with Crippen LogP contribution in [-0.2, 0) is 13.1 Å². The van der Waals surface area contributed by atoms with Crippen LogP contribution in [0.25, 0.3) is 0 Å². The number of piperazine rings is 1. The lowest BCUT2D eigenvalue weighted by molar-refractivity contribution is 0.169. The van der Waals surface area contributed by atoms with E-state index in [0.29, 0.717) is 6.54 Å². The number of anilines is 1. The molecule has 1 aliphatic rings. The van der Waals surface area contributed by atoms with Gasteiger partial charge >= 0.3 is 0 Å². The fourth-order valence-electron chi connectivity index (χ4n) is 3.39. The quantitative estimate of drug-likeness (QED) is 0.609. The molecule has 2 heterocycles. The van der Waals surface area contributed by atoms with Gasteiger partial charge in [-0.2, -0.15) is 0 Å². The van der Waals surface area contributed by atoms with Gasteiger partial charge in [-0.15, -0.1) is 0 Å². The molecule has 0 unspecified atom stereocenters. The van der Waals surface area contributed by atoms with E-state index in [2.05, 4.69) is 71.3 Å². The zero-order valence-corrected chi connectivity index (χ0v) is 17.5. The maximum atomic E-state index is 4.93. The lowest BCUT2D eigenvalue weighted by Crippen LogP contribution is -2.52. The Hall–Kier alpha value is -2.54. The fraction of sp³-hybridized carbons (Fsp3) is 0.524. The Labute approximate surface area is 168 Å². The van der Waals surface area contributed by atoms with Crippen molar-refractivity contribution in [1.29, 1.82) is 0 Å². The Kier molecular flexibility index (Phi) is 6.92. The maximum absolute atomic E-state index is 4.93. The predicted molar refractivity (Wildman–Crippen MR) is 114 cm³/mol. The zero-order valence-electron chi connectivity index (χ0n) is 17.5.